The first-order chi connectivity index (χ1) is 9.22. The summed E-state index contributed by atoms with van der Waals surface area (Å²) in [7, 11) is 0. The van der Waals surface area contributed by atoms with Gasteiger partial charge in [-0.25, -0.2) is 9.67 Å². The van der Waals surface area contributed by atoms with Crippen LogP contribution < -0.4 is 5.32 Å². The van der Waals surface area contributed by atoms with Crippen molar-refractivity contribution in [2.75, 3.05) is 19.6 Å². The molecule has 0 atom stereocenters. The van der Waals surface area contributed by atoms with E-state index in [4.69, 9.17) is 0 Å². The molecule has 19 heavy (non-hydrogen) atoms. The van der Waals surface area contributed by atoms with Crippen molar-refractivity contribution < 1.29 is 0 Å². The molecule has 0 unspecified atom stereocenters. The third-order valence-corrected chi connectivity index (χ3v) is 3.82. The topological polar surface area (TPSA) is 46.0 Å². The highest BCUT2D eigenvalue weighted by molar-refractivity contribution is 4.89. The van der Waals surface area contributed by atoms with Gasteiger partial charge in [-0.2, -0.15) is 5.10 Å². The summed E-state index contributed by atoms with van der Waals surface area (Å²) in [6.07, 6.45) is 5.37. The van der Waals surface area contributed by atoms with Gasteiger partial charge in [-0.05, 0) is 52.7 Å². The average Bonchev–Trinajstić information content (AvgIpc) is 2.88. The lowest BCUT2D eigenvalue weighted by atomic mass is 10.0. The largest absolute Gasteiger partial charge is 0.317 e. The van der Waals surface area contributed by atoms with Crippen LogP contribution >= 0.6 is 0 Å². The van der Waals surface area contributed by atoms with E-state index in [0.29, 0.717) is 12.1 Å². The minimum absolute atomic E-state index is 0.383. The molecule has 1 aromatic rings. The van der Waals surface area contributed by atoms with Crippen LogP contribution in [0.25, 0.3) is 0 Å². The standard InChI is InChI=1S/C14H27N5/c1-4-9-18(13-5-7-15-8-6-13)10-14-16-11-17-19(14)12(2)3/h11-13,15H,4-10H2,1-3H3. The van der Waals surface area contributed by atoms with Gasteiger partial charge >= 0.3 is 0 Å². The van der Waals surface area contributed by atoms with Crippen LogP contribution in [0, 0.1) is 0 Å². The Morgan fingerprint density at radius 2 is 2.16 bits per heavy atom. The summed E-state index contributed by atoms with van der Waals surface area (Å²) in [5.41, 5.74) is 0. The Morgan fingerprint density at radius 3 is 2.79 bits per heavy atom. The fraction of sp³-hybridized carbons (Fsp3) is 0.857. The van der Waals surface area contributed by atoms with E-state index in [-0.39, 0.29) is 0 Å². The van der Waals surface area contributed by atoms with E-state index in [2.05, 4.69) is 41.1 Å². The fourth-order valence-electron chi connectivity index (χ4n) is 2.85. The second-order valence-corrected chi connectivity index (χ2v) is 5.67. The summed E-state index contributed by atoms with van der Waals surface area (Å²) in [4.78, 5) is 7.04. The number of aromatic nitrogens is 3. The molecule has 5 heteroatoms. The van der Waals surface area contributed by atoms with Gasteiger partial charge in [0.2, 0.25) is 0 Å². The predicted octanol–water partition coefficient (Wildman–Crippen LogP) is 1.82. The van der Waals surface area contributed by atoms with Crippen molar-refractivity contribution in [1.29, 1.82) is 0 Å². The third kappa shape index (κ3) is 3.76. The lowest BCUT2D eigenvalue weighted by molar-refractivity contribution is 0.147. The van der Waals surface area contributed by atoms with E-state index >= 15 is 0 Å². The fourth-order valence-corrected chi connectivity index (χ4v) is 2.85. The molecule has 0 radical (unpaired) electrons. The van der Waals surface area contributed by atoms with Crippen LogP contribution in [-0.4, -0.2) is 45.3 Å². The smallest absolute Gasteiger partial charge is 0.141 e. The summed E-state index contributed by atoms with van der Waals surface area (Å²) in [5, 5.41) is 7.78. The SMILES string of the molecule is CCCN(Cc1ncnn1C(C)C)C1CCNCC1. The monoisotopic (exact) mass is 265 g/mol. The molecule has 108 valence electrons. The van der Waals surface area contributed by atoms with Gasteiger partial charge in [0.05, 0.1) is 6.54 Å². The van der Waals surface area contributed by atoms with Crippen LogP contribution in [0.1, 0.15) is 51.9 Å². The molecule has 0 spiro atoms. The van der Waals surface area contributed by atoms with Crippen LogP contribution in [0.5, 0.6) is 0 Å². The van der Waals surface area contributed by atoms with Crippen LogP contribution in [0.2, 0.25) is 0 Å². The molecule has 0 bridgehead atoms. The van der Waals surface area contributed by atoms with Crippen molar-refractivity contribution in [2.24, 2.45) is 0 Å². The summed E-state index contributed by atoms with van der Waals surface area (Å²) in [5.74, 6) is 1.10. The van der Waals surface area contributed by atoms with Crippen LogP contribution in [0.15, 0.2) is 6.33 Å². The number of hydrogen-bond donors (Lipinski definition) is 1. The van der Waals surface area contributed by atoms with Crippen LogP contribution in [0.3, 0.4) is 0 Å². The number of nitrogens with zero attached hydrogens (tertiary/aromatic N) is 4. The van der Waals surface area contributed by atoms with Crippen molar-refractivity contribution in [3.63, 3.8) is 0 Å². The third-order valence-electron chi connectivity index (χ3n) is 3.82. The zero-order valence-corrected chi connectivity index (χ0v) is 12.5. The van der Waals surface area contributed by atoms with E-state index in [9.17, 15) is 0 Å². The first-order valence-electron chi connectivity index (χ1n) is 7.55. The maximum atomic E-state index is 4.45. The molecule has 5 nitrogen and oxygen atoms in total. The zero-order chi connectivity index (χ0) is 13.7. The van der Waals surface area contributed by atoms with Gasteiger partial charge in [-0.1, -0.05) is 6.92 Å². The van der Waals surface area contributed by atoms with Gasteiger partial charge in [0, 0.05) is 12.1 Å². The van der Waals surface area contributed by atoms with Crippen molar-refractivity contribution in [3.8, 4) is 0 Å². The van der Waals surface area contributed by atoms with E-state index in [0.717, 1.165) is 32.0 Å². The predicted molar refractivity (Wildman–Crippen MR) is 77.0 cm³/mol. The van der Waals surface area contributed by atoms with Gasteiger partial charge in [-0.15, -0.1) is 0 Å². The Labute approximate surface area is 116 Å². The Bertz CT molecular complexity index is 368. The van der Waals surface area contributed by atoms with Gasteiger partial charge in [0.1, 0.15) is 12.2 Å². The summed E-state index contributed by atoms with van der Waals surface area (Å²) in [6, 6.07) is 1.08. The maximum absolute atomic E-state index is 4.45. The minimum atomic E-state index is 0.383. The quantitative estimate of drug-likeness (QED) is 0.852. The molecule has 1 aliphatic heterocycles. The number of piperidine rings is 1. The maximum Gasteiger partial charge on any atom is 0.141 e. The van der Waals surface area contributed by atoms with E-state index in [1.165, 1.54) is 19.3 Å². The van der Waals surface area contributed by atoms with E-state index in [1.807, 2.05) is 4.68 Å². The first kappa shape index (κ1) is 14.5. The van der Waals surface area contributed by atoms with E-state index in [1.54, 1.807) is 6.33 Å². The molecule has 0 saturated carbocycles. The summed E-state index contributed by atoms with van der Waals surface area (Å²) < 4.78 is 2.05. The number of rotatable bonds is 6. The zero-order valence-electron chi connectivity index (χ0n) is 12.5. The van der Waals surface area contributed by atoms with Crippen molar-refractivity contribution in [3.05, 3.63) is 12.2 Å². The molecule has 0 amide bonds. The minimum Gasteiger partial charge on any atom is -0.317 e. The molecule has 0 aliphatic carbocycles. The summed E-state index contributed by atoms with van der Waals surface area (Å²) >= 11 is 0. The Hall–Kier alpha value is -0.940. The Morgan fingerprint density at radius 1 is 1.42 bits per heavy atom. The second kappa shape index (κ2) is 7.01. The lowest BCUT2D eigenvalue weighted by Gasteiger charge is -2.34. The molecule has 2 rings (SSSR count). The molecular formula is C14H27N5. The average molecular weight is 265 g/mol. The van der Waals surface area contributed by atoms with Crippen LogP contribution in [-0.2, 0) is 6.54 Å². The molecule has 1 aromatic heterocycles. The second-order valence-electron chi connectivity index (χ2n) is 5.67. The van der Waals surface area contributed by atoms with Gasteiger partial charge < -0.3 is 5.32 Å². The highest BCUT2D eigenvalue weighted by Crippen LogP contribution is 2.16. The highest BCUT2D eigenvalue weighted by Gasteiger charge is 2.22. The molecular weight excluding hydrogens is 238 g/mol. The lowest BCUT2D eigenvalue weighted by Crippen LogP contribution is -2.43. The molecule has 1 N–H and O–H groups in total. The molecule has 2 heterocycles. The van der Waals surface area contributed by atoms with Crippen molar-refractivity contribution in [2.45, 2.75) is 58.7 Å². The molecule has 0 aromatic carbocycles. The Balaban J connectivity index is 2.04. The Kier molecular flexibility index (Phi) is 5.34. The first-order valence-corrected chi connectivity index (χ1v) is 7.55. The van der Waals surface area contributed by atoms with Gasteiger partial charge in [-0.3, -0.25) is 4.90 Å². The highest BCUT2D eigenvalue weighted by atomic mass is 15.4. The molecule has 1 saturated heterocycles. The number of nitrogens with one attached hydrogen (secondary N) is 1. The van der Waals surface area contributed by atoms with Gasteiger partial charge in [0.25, 0.3) is 0 Å². The molecule has 1 aliphatic rings. The summed E-state index contributed by atoms with van der Waals surface area (Å²) in [6.45, 7) is 10.9. The van der Waals surface area contributed by atoms with Crippen LogP contribution in [0.4, 0.5) is 0 Å². The van der Waals surface area contributed by atoms with E-state index < -0.39 is 0 Å². The van der Waals surface area contributed by atoms with Crippen molar-refractivity contribution in [1.82, 2.24) is 25.0 Å². The van der Waals surface area contributed by atoms with Crippen molar-refractivity contribution >= 4 is 0 Å². The normalized spacial score (nSPS) is 17.5. The number of hydrogen-bond acceptors (Lipinski definition) is 4. The molecule has 1 fully saturated rings. The van der Waals surface area contributed by atoms with Gasteiger partial charge in [0.15, 0.2) is 0 Å².